The zero-order valence-corrected chi connectivity index (χ0v) is 11.7. The molecule has 1 fully saturated rings. The zero-order valence-electron chi connectivity index (χ0n) is 10.1. The van der Waals surface area contributed by atoms with Crippen LogP contribution in [-0.2, 0) is 19.6 Å². The van der Waals surface area contributed by atoms with E-state index in [0.29, 0.717) is 11.8 Å². The lowest BCUT2D eigenvalue weighted by molar-refractivity contribution is -0.152. The van der Waals surface area contributed by atoms with Crippen LogP contribution in [0.4, 0.5) is 0 Å². The highest BCUT2D eigenvalue weighted by molar-refractivity contribution is 8.14. The molecule has 4 N–H and O–H groups in total. The average Bonchev–Trinajstić information content (AvgIpc) is 2.41. The van der Waals surface area contributed by atoms with Crippen molar-refractivity contribution in [1.82, 2.24) is 0 Å². The van der Waals surface area contributed by atoms with Crippen LogP contribution in [0.5, 0.6) is 0 Å². The summed E-state index contributed by atoms with van der Waals surface area (Å²) in [6.45, 7) is 3.95. The Bertz CT molecular complexity index is 503. The third-order valence-electron chi connectivity index (χ3n) is 3.75. The van der Waals surface area contributed by atoms with Crippen molar-refractivity contribution in [3.05, 3.63) is 0 Å². The molecule has 1 aliphatic rings. The summed E-state index contributed by atoms with van der Waals surface area (Å²) in [6, 6.07) is 0. The predicted octanol–water partition coefficient (Wildman–Crippen LogP) is -0.0819. The van der Waals surface area contributed by atoms with Gasteiger partial charge in [-0.25, -0.2) is 13.6 Å². The van der Waals surface area contributed by atoms with Crippen molar-refractivity contribution in [3.63, 3.8) is 0 Å². The molecule has 9 heteroatoms. The minimum Gasteiger partial charge on any atom is -0.481 e. The highest BCUT2D eigenvalue weighted by Gasteiger charge is 2.67. The van der Waals surface area contributed by atoms with Gasteiger partial charge in [0.25, 0.3) is 0 Å². The summed E-state index contributed by atoms with van der Waals surface area (Å²) in [4.78, 5) is 22.6. The molecular weight excluding hydrogens is 282 g/mol. The van der Waals surface area contributed by atoms with Crippen LogP contribution in [0.25, 0.3) is 0 Å². The maximum atomic E-state index is 11.5. The summed E-state index contributed by atoms with van der Waals surface area (Å²) in [5.41, 5.74) is -1.74. The molecule has 0 radical (unpaired) electrons. The molecular formula is C9H15NO6S2. The van der Waals surface area contributed by atoms with E-state index in [0.717, 1.165) is 0 Å². The Morgan fingerprint density at radius 3 is 1.89 bits per heavy atom. The van der Waals surface area contributed by atoms with Crippen LogP contribution >= 0.6 is 11.8 Å². The van der Waals surface area contributed by atoms with E-state index in [2.05, 4.69) is 0 Å². The van der Waals surface area contributed by atoms with E-state index in [1.807, 2.05) is 0 Å². The van der Waals surface area contributed by atoms with Crippen molar-refractivity contribution in [2.75, 3.05) is 0 Å². The Kier molecular flexibility index (Phi) is 3.48. The van der Waals surface area contributed by atoms with Crippen LogP contribution in [-0.4, -0.2) is 39.9 Å². The van der Waals surface area contributed by atoms with Gasteiger partial charge in [-0.3, -0.25) is 9.59 Å². The predicted molar refractivity (Wildman–Crippen MR) is 65.4 cm³/mol. The van der Waals surface area contributed by atoms with Gasteiger partial charge in [-0.2, -0.15) is 0 Å². The van der Waals surface area contributed by atoms with Crippen LogP contribution in [0.3, 0.4) is 0 Å². The topological polar surface area (TPSA) is 135 Å². The van der Waals surface area contributed by atoms with Crippen LogP contribution in [0.1, 0.15) is 20.8 Å². The number of primary sulfonamides is 1. The number of hydrogen-bond acceptors (Lipinski definition) is 5. The minimum absolute atomic E-state index is 0.578. The number of carboxylic acids is 2. The summed E-state index contributed by atoms with van der Waals surface area (Å²) in [6.07, 6.45) is 0. The first-order valence-corrected chi connectivity index (χ1v) is 7.53. The Hall–Kier alpha value is -0.800. The Morgan fingerprint density at radius 2 is 1.67 bits per heavy atom. The third kappa shape index (κ3) is 1.90. The summed E-state index contributed by atoms with van der Waals surface area (Å²) >= 11 is 0.578. The summed E-state index contributed by atoms with van der Waals surface area (Å²) in [7, 11) is -4.17. The lowest BCUT2D eigenvalue weighted by Crippen LogP contribution is -2.47. The van der Waals surface area contributed by atoms with E-state index in [9.17, 15) is 28.2 Å². The van der Waals surface area contributed by atoms with Gasteiger partial charge in [-0.1, -0.05) is 6.92 Å². The van der Waals surface area contributed by atoms with Crippen molar-refractivity contribution in [2.45, 2.75) is 30.1 Å². The summed E-state index contributed by atoms with van der Waals surface area (Å²) < 4.78 is 20.0. The average molecular weight is 297 g/mol. The third-order valence-corrected chi connectivity index (χ3v) is 7.65. The van der Waals surface area contributed by atoms with E-state index in [4.69, 9.17) is 5.14 Å². The molecule has 1 heterocycles. The van der Waals surface area contributed by atoms with Gasteiger partial charge >= 0.3 is 11.9 Å². The zero-order chi connectivity index (χ0) is 14.5. The first-order chi connectivity index (χ1) is 7.88. The molecule has 0 aromatic rings. The molecule has 0 aromatic heterocycles. The molecule has 0 unspecified atom stereocenters. The molecule has 0 saturated carbocycles. The van der Waals surface area contributed by atoms with Gasteiger partial charge in [0, 0.05) is 0 Å². The lowest BCUT2D eigenvalue weighted by Gasteiger charge is -2.31. The number of nitrogens with two attached hydrogens (primary N) is 1. The highest BCUT2D eigenvalue weighted by atomic mass is 32.3. The molecule has 0 amide bonds. The Morgan fingerprint density at radius 1 is 1.22 bits per heavy atom. The molecule has 1 aliphatic heterocycles. The molecule has 1 rings (SSSR count). The largest absolute Gasteiger partial charge is 0.481 e. The number of hydrogen-bond donors (Lipinski definition) is 3. The maximum absolute atomic E-state index is 11.5. The molecule has 0 spiro atoms. The van der Waals surface area contributed by atoms with Crippen LogP contribution in [0.2, 0.25) is 0 Å². The molecule has 104 valence electrons. The van der Waals surface area contributed by atoms with Gasteiger partial charge in [0.15, 0.2) is 0 Å². The molecule has 7 nitrogen and oxygen atoms in total. The van der Waals surface area contributed by atoms with Crippen molar-refractivity contribution >= 4 is 33.7 Å². The Labute approximate surface area is 109 Å². The molecule has 0 aromatic carbocycles. The number of rotatable bonds is 3. The summed E-state index contributed by atoms with van der Waals surface area (Å²) in [5.74, 6) is -3.52. The minimum atomic E-state index is -4.17. The number of thioether (sulfide) groups is 1. The SMILES string of the molecule is C[C@@H]1[C@](C)(C(=O)O)[C@@H](S(N)(=O)=O)S[C@]1(C)C(=O)O. The number of aliphatic carboxylic acids is 2. The van der Waals surface area contributed by atoms with Crippen LogP contribution in [0, 0.1) is 11.3 Å². The molecule has 4 atom stereocenters. The fourth-order valence-electron chi connectivity index (χ4n) is 2.15. The van der Waals surface area contributed by atoms with Crippen molar-refractivity contribution in [1.29, 1.82) is 0 Å². The highest BCUT2D eigenvalue weighted by Crippen LogP contribution is 2.59. The summed E-state index contributed by atoms with van der Waals surface area (Å²) in [5, 5.41) is 23.5. The second kappa shape index (κ2) is 4.10. The second-order valence-corrected chi connectivity index (χ2v) is 8.26. The van der Waals surface area contributed by atoms with E-state index in [1.54, 1.807) is 0 Å². The van der Waals surface area contributed by atoms with Crippen molar-refractivity contribution in [2.24, 2.45) is 16.5 Å². The van der Waals surface area contributed by atoms with Gasteiger partial charge in [0.2, 0.25) is 10.0 Å². The quantitative estimate of drug-likeness (QED) is 0.663. The standard InChI is InChI=1S/C9H15NO6S2/c1-4-8(2,5(11)12)7(18(10,15)16)17-9(4,3)6(13)14/h4,7H,1-3H3,(H,11,12)(H,13,14)(H2,10,15,16)/t4-,7-,8-,9+/m1/s1. The van der Waals surface area contributed by atoms with Gasteiger partial charge in [0.05, 0.1) is 5.41 Å². The van der Waals surface area contributed by atoms with E-state index in [-0.39, 0.29) is 0 Å². The number of sulfonamides is 1. The maximum Gasteiger partial charge on any atom is 0.319 e. The molecule has 18 heavy (non-hydrogen) atoms. The fraction of sp³-hybridized carbons (Fsp3) is 0.778. The van der Waals surface area contributed by atoms with E-state index in [1.165, 1.54) is 20.8 Å². The van der Waals surface area contributed by atoms with E-state index < -0.39 is 42.6 Å². The monoisotopic (exact) mass is 297 g/mol. The molecule has 0 bridgehead atoms. The van der Waals surface area contributed by atoms with Crippen LogP contribution < -0.4 is 5.14 Å². The molecule has 0 aliphatic carbocycles. The Balaban J connectivity index is 3.48. The normalized spacial score (nSPS) is 40.7. The van der Waals surface area contributed by atoms with Crippen molar-refractivity contribution < 1.29 is 28.2 Å². The van der Waals surface area contributed by atoms with Gasteiger partial charge in [0.1, 0.15) is 9.33 Å². The molecule has 1 saturated heterocycles. The van der Waals surface area contributed by atoms with Gasteiger partial charge in [-0.05, 0) is 19.8 Å². The second-order valence-electron chi connectivity index (χ2n) is 4.76. The van der Waals surface area contributed by atoms with Gasteiger partial charge < -0.3 is 10.2 Å². The first-order valence-electron chi connectivity index (χ1n) is 5.04. The van der Waals surface area contributed by atoms with Crippen LogP contribution in [0.15, 0.2) is 0 Å². The smallest absolute Gasteiger partial charge is 0.319 e. The number of carbonyl (C=O) groups is 2. The van der Waals surface area contributed by atoms with E-state index >= 15 is 0 Å². The lowest BCUT2D eigenvalue weighted by atomic mass is 9.73. The van der Waals surface area contributed by atoms with Crippen molar-refractivity contribution in [3.8, 4) is 0 Å². The fourth-order valence-corrected chi connectivity index (χ4v) is 5.82. The first kappa shape index (κ1) is 15.3. The number of carboxylic acid groups (broad SMARTS) is 2. The van der Waals surface area contributed by atoms with Gasteiger partial charge in [-0.15, -0.1) is 11.8 Å².